The summed E-state index contributed by atoms with van der Waals surface area (Å²) >= 11 is 1.68. The van der Waals surface area contributed by atoms with Gasteiger partial charge in [-0.3, -0.25) is 4.79 Å². The van der Waals surface area contributed by atoms with Crippen LogP contribution in [0.2, 0.25) is 0 Å². The molecule has 0 aliphatic heterocycles. The molecule has 1 atom stereocenters. The zero-order valence-electron chi connectivity index (χ0n) is 13.7. The van der Waals surface area contributed by atoms with Crippen LogP contribution in [0, 0.1) is 0 Å². The Morgan fingerprint density at radius 2 is 1.86 bits per heavy atom. The zero-order valence-corrected chi connectivity index (χ0v) is 14.5. The molecular weight excluding hydrogens is 282 g/mol. The van der Waals surface area contributed by atoms with Gasteiger partial charge in [-0.2, -0.15) is 0 Å². The van der Waals surface area contributed by atoms with Crippen LogP contribution in [-0.2, 0) is 14.9 Å². The molecule has 1 unspecified atom stereocenters. The van der Waals surface area contributed by atoms with E-state index in [1.54, 1.807) is 11.8 Å². The third-order valence-corrected chi connectivity index (χ3v) is 4.26. The first-order valence-electron chi connectivity index (χ1n) is 7.51. The molecule has 0 saturated heterocycles. The van der Waals surface area contributed by atoms with E-state index in [4.69, 9.17) is 4.74 Å². The maximum absolute atomic E-state index is 11.8. The number of thioether (sulfide) groups is 1. The predicted molar refractivity (Wildman–Crippen MR) is 90.0 cm³/mol. The van der Waals surface area contributed by atoms with E-state index in [2.05, 4.69) is 50.4 Å². The van der Waals surface area contributed by atoms with E-state index >= 15 is 0 Å². The number of esters is 1. The molecule has 3 nitrogen and oxygen atoms in total. The Balaban J connectivity index is 2.61. The maximum atomic E-state index is 11.8. The van der Waals surface area contributed by atoms with E-state index in [-0.39, 0.29) is 17.4 Å². The van der Waals surface area contributed by atoms with Gasteiger partial charge in [0.05, 0.1) is 6.61 Å². The molecule has 0 aliphatic carbocycles. The molecule has 0 saturated carbocycles. The molecule has 21 heavy (non-hydrogen) atoms. The second-order valence-corrected chi connectivity index (χ2v) is 7.04. The minimum atomic E-state index is -0.248. The second kappa shape index (κ2) is 8.44. The van der Waals surface area contributed by atoms with Crippen LogP contribution >= 0.6 is 11.8 Å². The quantitative estimate of drug-likeness (QED) is 0.617. The standard InChI is InChI=1S/C17H27NO2S/c1-6-18-15(16(19)20-7-2)12-21-14-10-8-13(9-11-14)17(3,4)5/h8-11,15,18H,6-7,12H2,1-5H3. The van der Waals surface area contributed by atoms with E-state index in [0.29, 0.717) is 12.4 Å². The van der Waals surface area contributed by atoms with Gasteiger partial charge >= 0.3 is 5.97 Å². The van der Waals surface area contributed by atoms with Crippen molar-refractivity contribution in [3.63, 3.8) is 0 Å². The van der Waals surface area contributed by atoms with Gasteiger partial charge in [-0.1, -0.05) is 39.8 Å². The van der Waals surface area contributed by atoms with Gasteiger partial charge in [-0.15, -0.1) is 11.8 Å². The topological polar surface area (TPSA) is 38.3 Å². The summed E-state index contributed by atoms with van der Waals surface area (Å²) in [5.74, 6) is 0.514. The summed E-state index contributed by atoms with van der Waals surface area (Å²) in [5, 5.41) is 3.18. The lowest BCUT2D eigenvalue weighted by Crippen LogP contribution is -2.40. The number of carbonyl (C=O) groups is 1. The second-order valence-electron chi connectivity index (χ2n) is 5.95. The summed E-state index contributed by atoms with van der Waals surface area (Å²) in [6, 6.07) is 8.32. The molecule has 0 heterocycles. The van der Waals surface area contributed by atoms with E-state index in [1.807, 2.05) is 13.8 Å². The van der Waals surface area contributed by atoms with Gasteiger partial charge in [-0.25, -0.2) is 0 Å². The van der Waals surface area contributed by atoms with Gasteiger partial charge in [0, 0.05) is 10.6 Å². The highest BCUT2D eigenvalue weighted by molar-refractivity contribution is 7.99. The van der Waals surface area contributed by atoms with Gasteiger partial charge in [0.25, 0.3) is 0 Å². The molecule has 1 aromatic rings. The lowest BCUT2D eigenvalue weighted by Gasteiger charge is -2.19. The van der Waals surface area contributed by atoms with Gasteiger partial charge in [0.15, 0.2) is 0 Å². The van der Waals surface area contributed by atoms with Gasteiger partial charge < -0.3 is 10.1 Å². The number of benzene rings is 1. The molecule has 0 fully saturated rings. The van der Waals surface area contributed by atoms with Crippen LogP contribution in [0.15, 0.2) is 29.2 Å². The van der Waals surface area contributed by atoms with Crippen molar-refractivity contribution in [2.45, 2.75) is 51.0 Å². The summed E-state index contributed by atoms with van der Waals surface area (Å²) in [6.45, 7) is 11.6. The average Bonchev–Trinajstić information content (AvgIpc) is 2.43. The molecule has 4 heteroatoms. The summed E-state index contributed by atoms with van der Waals surface area (Å²) < 4.78 is 5.09. The molecule has 0 aromatic heterocycles. The zero-order chi connectivity index (χ0) is 15.9. The van der Waals surface area contributed by atoms with Gasteiger partial charge in [0.1, 0.15) is 6.04 Å². The molecule has 0 aliphatic rings. The Kier molecular flexibility index (Phi) is 7.26. The first-order chi connectivity index (χ1) is 9.88. The lowest BCUT2D eigenvalue weighted by atomic mass is 9.87. The Morgan fingerprint density at radius 1 is 1.24 bits per heavy atom. The minimum absolute atomic E-state index is 0.167. The molecule has 0 radical (unpaired) electrons. The SMILES string of the molecule is CCNC(CSc1ccc(C(C)(C)C)cc1)C(=O)OCC. The number of hydrogen-bond acceptors (Lipinski definition) is 4. The third-order valence-electron chi connectivity index (χ3n) is 3.16. The van der Waals surface area contributed by atoms with Gasteiger partial charge in [0.2, 0.25) is 0 Å². The molecule has 0 bridgehead atoms. The number of nitrogens with one attached hydrogen (secondary N) is 1. The average molecular weight is 309 g/mol. The van der Waals surface area contributed by atoms with E-state index < -0.39 is 0 Å². The number of rotatable bonds is 7. The number of likely N-dealkylation sites (N-methyl/N-ethyl adjacent to an activating group) is 1. The fourth-order valence-corrected chi connectivity index (χ4v) is 2.87. The molecule has 1 rings (SSSR count). The molecule has 0 spiro atoms. The van der Waals surface area contributed by atoms with Crippen molar-refractivity contribution in [2.24, 2.45) is 0 Å². The first-order valence-corrected chi connectivity index (χ1v) is 8.50. The van der Waals surface area contributed by atoms with E-state index in [0.717, 1.165) is 6.54 Å². The molecular formula is C17H27NO2S. The van der Waals surface area contributed by atoms with Crippen molar-refractivity contribution in [1.29, 1.82) is 0 Å². The van der Waals surface area contributed by atoms with Crippen LogP contribution in [-0.4, -0.2) is 30.9 Å². The van der Waals surface area contributed by atoms with E-state index in [1.165, 1.54) is 10.5 Å². The van der Waals surface area contributed by atoms with Crippen LogP contribution in [0.5, 0.6) is 0 Å². The Hall–Kier alpha value is -1.00. The fraction of sp³-hybridized carbons (Fsp3) is 0.588. The van der Waals surface area contributed by atoms with Crippen LogP contribution in [0.25, 0.3) is 0 Å². The van der Waals surface area contributed by atoms with Crippen molar-refractivity contribution in [3.05, 3.63) is 29.8 Å². The molecule has 1 N–H and O–H groups in total. The summed E-state index contributed by atoms with van der Waals surface area (Å²) in [4.78, 5) is 13.0. The van der Waals surface area contributed by atoms with Crippen molar-refractivity contribution in [1.82, 2.24) is 5.32 Å². The summed E-state index contributed by atoms with van der Waals surface area (Å²) in [5.41, 5.74) is 1.49. The highest BCUT2D eigenvalue weighted by atomic mass is 32.2. The lowest BCUT2D eigenvalue weighted by molar-refractivity contribution is -0.144. The smallest absolute Gasteiger partial charge is 0.323 e. The third kappa shape index (κ3) is 6.10. The Morgan fingerprint density at radius 3 is 2.33 bits per heavy atom. The van der Waals surface area contributed by atoms with Crippen molar-refractivity contribution in [3.8, 4) is 0 Å². The van der Waals surface area contributed by atoms with Crippen molar-refractivity contribution >= 4 is 17.7 Å². The van der Waals surface area contributed by atoms with Gasteiger partial charge in [-0.05, 0) is 36.6 Å². The molecule has 0 amide bonds. The number of carbonyl (C=O) groups excluding carboxylic acids is 1. The number of ether oxygens (including phenoxy) is 1. The monoisotopic (exact) mass is 309 g/mol. The molecule has 1 aromatic carbocycles. The van der Waals surface area contributed by atoms with Crippen molar-refractivity contribution < 1.29 is 9.53 Å². The fourth-order valence-electron chi connectivity index (χ4n) is 1.93. The summed E-state index contributed by atoms with van der Waals surface area (Å²) in [7, 11) is 0. The highest BCUT2D eigenvalue weighted by Gasteiger charge is 2.19. The Bertz CT molecular complexity index is 437. The highest BCUT2D eigenvalue weighted by Crippen LogP contribution is 2.26. The van der Waals surface area contributed by atoms with E-state index in [9.17, 15) is 4.79 Å². The van der Waals surface area contributed by atoms with Crippen LogP contribution in [0.4, 0.5) is 0 Å². The number of hydrogen-bond donors (Lipinski definition) is 1. The van der Waals surface area contributed by atoms with Crippen molar-refractivity contribution in [2.75, 3.05) is 18.9 Å². The minimum Gasteiger partial charge on any atom is -0.465 e. The van der Waals surface area contributed by atoms with Crippen LogP contribution < -0.4 is 5.32 Å². The maximum Gasteiger partial charge on any atom is 0.323 e. The summed E-state index contributed by atoms with van der Waals surface area (Å²) in [6.07, 6.45) is 0. The largest absolute Gasteiger partial charge is 0.465 e. The Labute approximate surface area is 132 Å². The molecule has 118 valence electrons. The van der Waals surface area contributed by atoms with Crippen LogP contribution in [0.1, 0.15) is 40.2 Å². The predicted octanol–water partition coefficient (Wildman–Crippen LogP) is 3.62. The normalized spacial score (nSPS) is 13.0. The first kappa shape index (κ1) is 18.1. The van der Waals surface area contributed by atoms with Crippen LogP contribution in [0.3, 0.4) is 0 Å².